The Morgan fingerprint density at radius 1 is 1.18 bits per heavy atom. The van der Waals surface area contributed by atoms with Gasteiger partial charge in [-0.15, -0.1) is 24.8 Å². The fourth-order valence-electron chi connectivity index (χ4n) is 3.13. The summed E-state index contributed by atoms with van der Waals surface area (Å²) in [6.45, 7) is 8.98. The molecule has 0 spiro atoms. The lowest BCUT2D eigenvalue weighted by atomic mass is 9.94. The minimum Gasteiger partial charge on any atom is -0.314 e. The minimum absolute atomic E-state index is 0. The number of hydrogen-bond acceptors (Lipinski definition) is 2. The summed E-state index contributed by atoms with van der Waals surface area (Å²) >= 11 is 6.11. The molecule has 1 aliphatic heterocycles. The first-order chi connectivity index (χ1) is 9.72. The third-order valence-corrected chi connectivity index (χ3v) is 4.50. The molecule has 1 N–H and O–H groups in total. The molecule has 5 heteroatoms. The third kappa shape index (κ3) is 6.25. The number of unbranched alkanes of at least 4 members (excludes halogenated alkanes) is 2. The van der Waals surface area contributed by atoms with Crippen LogP contribution in [0.1, 0.15) is 49.8 Å². The average molecular weight is 368 g/mol. The molecule has 22 heavy (non-hydrogen) atoms. The zero-order valence-corrected chi connectivity index (χ0v) is 16.0. The van der Waals surface area contributed by atoms with Crippen molar-refractivity contribution in [2.24, 2.45) is 0 Å². The first-order valence-electron chi connectivity index (χ1n) is 7.93. The monoisotopic (exact) mass is 366 g/mol. The maximum Gasteiger partial charge on any atom is 0.0408 e. The summed E-state index contributed by atoms with van der Waals surface area (Å²) in [5, 5.41) is 4.30. The Morgan fingerprint density at radius 2 is 1.86 bits per heavy atom. The summed E-state index contributed by atoms with van der Waals surface area (Å²) in [5.74, 6) is 0. The van der Waals surface area contributed by atoms with Gasteiger partial charge < -0.3 is 5.32 Å². The van der Waals surface area contributed by atoms with Gasteiger partial charge in [0.2, 0.25) is 0 Å². The number of piperazine rings is 1. The van der Waals surface area contributed by atoms with Gasteiger partial charge in [-0.25, -0.2) is 0 Å². The van der Waals surface area contributed by atoms with Crippen LogP contribution in [0.2, 0.25) is 5.02 Å². The van der Waals surface area contributed by atoms with Crippen LogP contribution in [0.25, 0.3) is 0 Å². The lowest BCUT2D eigenvalue weighted by Crippen LogP contribution is -2.45. The summed E-state index contributed by atoms with van der Waals surface area (Å²) < 4.78 is 0. The Bertz CT molecular complexity index is 420. The van der Waals surface area contributed by atoms with E-state index in [0.717, 1.165) is 31.2 Å². The third-order valence-electron chi connectivity index (χ3n) is 4.26. The predicted molar refractivity (Wildman–Crippen MR) is 102 cm³/mol. The molecule has 0 saturated carbocycles. The van der Waals surface area contributed by atoms with E-state index in [2.05, 4.69) is 36.2 Å². The van der Waals surface area contributed by atoms with Gasteiger partial charge in [-0.2, -0.15) is 0 Å². The quantitative estimate of drug-likeness (QED) is 0.710. The number of nitrogens with one attached hydrogen (secondary N) is 1. The molecule has 1 atom stereocenters. The van der Waals surface area contributed by atoms with E-state index in [9.17, 15) is 0 Å². The largest absolute Gasteiger partial charge is 0.314 e. The average Bonchev–Trinajstić information content (AvgIpc) is 2.46. The molecular weight excluding hydrogens is 339 g/mol. The highest BCUT2D eigenvalue weighted by Crippen LogP contribution is 2.30. The first-order valence-corrected chi connectivity index (χ1v) is 8.31. The van der Waals surface area contributed by atoms with E-state index < -0.39 is 0 Å². The van der Waals surface area contributed by atoms with E-state index in [1.165, 1.54) is 36.8 Å². The fraction of sp³-hybridized carbons (Fsp3) is 0.647. The van der Waals surface area contributed by atoms with Crippen molar-refractivity contribution in [1.82, 2.24) is 10.2 Å². The van der Waals surface area contributed by atoms with Gasteiger partial charge in [0, 0.05) is 37.2 Å². The van der Waals surface area contributed by atoms with Crippen molar-refractivity contribution >= 4 is 36.4 Å². The van der Waals surface area contributed by atoms with E-state index >= 15 is 0 Å². The molecule has 1 aromatic rings. The van der Waals surface area contributed by atoms with Crippen molar-refractivity contribution in [2.75, 3.05) is 26.2 Å². The maximum atomic E-state index is 6.11. The van der Waals surface area contributed by atoms with Gasteiger partial charge >= 0.3 is 0 Å². The van der Waals surface area contributed by atoms with E-state index in [4.69, 9.17) is 11.6 Å². The lowest BCUT2D eigenvalue weighted by molar-refractivity contribution is 0.162. The molecule has 0 amide bonds. The normalized spacial score (nSPS) is 16.5. The zero-order chi connectivity index (χ0) is 14.4. The van der Waals surface area contributed by atoms with Crippen molar-refractivity contribution in [3.63, 3.8) is 0 Å². The van der Waals surface area contributed by atoms with Gasteiger partial charge in [-0.3, -0.25) is 4.90 Å². The highest BCUT2D eigenvalue weighted by molar-refractivity contribution is 6.30. The fourth-order valence-corrected chi connectivity index (χ4v) is 3.36. The van der Waals surface area contributed by atoms with Crippen LogP contribution in [-0.2, 0) is 0 Å². The topological polar surface area (TPSA) is 15.3 Å². The Balaban J connectivity index is 0.00000220. The van der Waals surface area contributed by atoms with Crippen molar-refractivity contribution in [3.05, 3.63) is 34.3 Å². The Hall–Kier alpha value is 0.01000. The Labute approximate surface area is 152 Å². The summed E-state index contributed by atoms with van der Waals surface area (Å²) in [4.78, 5) is 2.64. The van der Waals surface area contributed by atoms with Crippen LogP contribution in [0, 0.1) is 6.92 Å². The second-order valence-electron chi connectivity index (χ2n) is 5.80. The van der Waals surface area contributed by atoms with Crippen LogP contribution in [0.4, 0.5) is 0 Å². The van der Waals surface area contributed by atoms with Crippen LogP contribution in [0.5, 0.6) is 0 Å². The molecule has 0 aliphatic carbocycles. The van der Waals surface area contributed by atoms with E-state index in [-0.39, 0.29) is 24.8 Å². The van der Waals surface area contributed by atoms with Gasteiger partial charge in [0.1, 0.15) is 0 Å². The molecule has 2 rings (SSSR count). The number of benzene rings is 1. The number of nitrogens with zero attached hydrogens (tertiary/aromatic N) is 1. The van der Waals surface area contributed by atoms with E-state index in [1.54, 1.807) is 0 Å². The highest BCUT2D eigenvalue weighted by atomic mass is 35.5. The number of rotatable bonds is 6. The highest BCUT2D eigenvalue weighted by Gasteiger charge is 2.22. The molecule has 0 unspecified atom stereocenters. The smallest absolute Gasteiger partial charge is 0.0408 e. The molecule has 0 aromatic heterocycles. The van der Waals surface area contributed by atoms with Crippen LogP contribution in [0.3, 0.4) is 0 Å². The molecule has 128 valence electrons. The summed E-state index contributed by atoms with van der Waals surface area (Å²) in [5.41, 5.74) is 2.80. The maximum absolute atomic E-state index is 6.11. The second kappa shape index (κ2) is 11.5. The van der Waals surface area contributed by atoms with Crippen molar-refractivity contribution < 1.29 is 0 Å². The standard InChI is InChI=1S/C17H27ClN2.2ClH/c1-3-4-5-6-17(20-11-9-19-10-12-20)16-8-7-15(18)13-14(16)2;;/h7-8,13,17,19H,3-6,9-12H2,1-2H3;2*1H/t17-;;/m0../s1. The van der Waals surface area contributed by atoms with Crippen molar-refractivity contribution in [2.45, 2.75) is 45.6 Å². The molecule has 1 saturated heterocycles. The molecule has 1 fully saturated rings. The van der Waals surface area contributed by atoms with Gasteiger partial charge in [0.25, 0.3) is 0 Å². The van der Waals surface area contributed by atoms with Gasteiger partial charge in [-0.05, 0) is 36.6 Å². The van der Waals surface area contributed by atoms with Crippen LogP contribution in [0.15, 0.2) is 18.2 Å². The van der Waals surface area contributed by atoms with Gasteiger partial charge in [0.05, 0.1) is 0 Å². The Morgan fingerprint density at radius 3 is 2.45 bits per heavy atom. The molecule has 0 bridgehead atoms. The molecule has 1 heterocycles. The van der Waals surface area contributed by atoms with Crippen molar-refractivity contribution in [3.8, 4) is 0 Å². The number of aryl methyl sites for hydroxylation is 1. The SMILES string of the molecule is CCCCC[C@@H](c1ccc(Cl)cc1C)N1CCNCC1.Cl.Cl. The van der Waals surface area contributed by atoms with Crippen LogP contribution >= 0.6 is 36.4 Å². The van der Waals surface area contributed by atoms with E-state index in [1.807, 2.05) is 6.07 Å². The van der Waals surface area contributed by atoms with Gasteiger partial charge in [-0.1, -0.05) is 43.9 Å². The zero-order valence-electron chi connectivity index (χ0n) is 13.6. The minimum atomic E-state index is 0. The second-order valence-corrected chi connectivity index (χ2v) is 6.23. The Kier molecular flexibility index (Phi) is 11.5. The molecule has 2 nitrogen and oxygen atoms in total. The van der Waals surface area contributed by atoms with E-state index in [0.29, 0.717) is 6.04 Å². The summed E-state index contributed by atoms with van der Waals surface area (Å²) in [6, 6.07) is 6.93. The predicted octanol–water partition coefficient (Wildman–Crippen LogP) is 5.02. The summed E-state index contributed by atoms with van der Waals surface area (Å²) in [6.07, 6.45) is 5.19. The van der Waals surface area contributed by atoms with Crippen molar-refractivity contribution in [1.29, 1.82) is 0 Å². The first kappa shape index (κ1) is 22.0. The van der Waals surface area contributed by atoms with Crippen LogP contribution < -0.4 is 5.32 Å². The lowest BCUT2D eigenvalue weighted by Gasteiger charge is -2.36. The number of hydrogen-bond donors (Lipinski definition) is 1. The molecular formula is C17H29Cl3N2. The molecule has 0 radical (unpaired) electrons. The van der Waals surface area contributed by atoms with Gasteiger partial charge in [0.15, 0.2) is 0 Å². The summed E-state index contributed by atoms with van der Waals surface area (Å²) in [7, 11) is 0. The number of halogens is 3. The molecule has 1 aromatic carbocycles. The van der Waals surface area contributed by atoms with Crippen LogP contribution in [-0.4, -0.2) is 31.1 Å². The molecule has 1 aliphatic rings.